The Kier molecular flexibility index (Phi) is 4.37. The van der Waals surface area contributed by atoms with Gasteiger partial charge in [0.25, 0.3) is 0 Å². The van der Waals surface area contributed by atoms with E-state index in [4.69, 9.17) is 0 Å². The van der Waals surface area contributed by atoms with Crippen molar-refractivity contribution in [1.82, 2.24) is 4.57 Å². The van der Waals surface area contributed by atoms with Gasteiger partial charge in [0.1, 0.15) is 6.54 Å². The van der Waals surface area contributed by atoms with Gasteiger partial charge in [-0.3, -0.25) is 14.2 Å². The maximum absolute atomic E-state index is 12.4. The molecule has 4 nitrogen and oxygen atoms in total. The van der Waals surface area contributed by atoms with Crippen LogP contribution in [-0.4, -0.2) is 10.5 Å². The van der Waals surface area contributed by atoms with Crippen LogP contribution in [0.1, 0.15) is 11.1 Å². The maximum Gasteiger partial charge on any atom is 0.308 e. The molecule has 1 heterocycles. The number of para-hydroxylation sites is 1. The molecule has 0 bridgehead atoms. The number of halogens is 1. The summed E-state index contributed by atoms with van der Waals surface area (Å²) in [5, 5.41) is 2.92. The topological polar surface area (TPSA) is 51.1 Å². The third-order valence-electron chi connectivity index (χ3n) is 3.68. The minimum absolute atomic E-state index is 0.00817. The quantitative estimate of drug-likeness (QED) is 0.732. The number of aromatic nitrogens is 1. The molecule has 0 fully saturated rings. The number of amides is 1. The van der Waals surface area contributed by atoms with E-state index in [9.17, 15) is 9.59 Å². The number of nitrogens with one attached hydrogen (secondary N) is 1. The number of rotatable bonds is 3. The molecule has 0 aliphatic rings. The lowest BCUT2D eigenvalue weighted by Gasteiger charge is -2.11. The lowest BCUT2D eigenvalue weighted by atomic mass is 10.1. The highest BCUT2D eigenvalue weighted by molar-refractivity contribution is 9.10. The largest absolute Gasteiger partial charge is 0.324 e. The molecular formula is C17H15BrN2O2S. The minimum atomic E-state index is -0.202. The van der Waals surface area contributed by atoms with E-state index in [0.717, 1.165) is 42.8 Å². The van der Waals surface area contributed by atoms with Gasteiger partial charge in [0.15, 0.2) is 0 Å². The Morgan fingerprint density at radius 2 is 1.91 bits per heavy atom. The number of anilines is 1. The van der Waals surface area contributed by atoms with Gasteiger partial charge in [-0.25, -0.2) is 0 Å². The molecule has 0 aliphatic carbocycles. The molecule has 0 atom stereocenters. The number of benzene rings is 2. The second kappa shape index (κ2) is 6.29. The van der Waals surface area contributed by atoms with Crippen LogP contribution in [0, 0.1) is 13.8 Å². The monoisotopic (exact) mass is 390 g/mol. The van der Waals surface area contributed by atoms with E-state index in [0.29, 0.717) is 0 Å². The van der Waals surface area contributed by atoms with Gasteiger partial charge in [0.2, 0.25) is 5.91 Å². The van der Waals surface area contributed by atoms with Crippen molar-refractivity contribution < 1.29 is 4.79 Å². The molecule has 3 aromatic rings. The van der Waals surface area contributed by atoms with Gasteiger partial charge in [-0.05, 0) is 43.2 Å². The Hall–Kier alpha value is -1.92. The standard InChI is InChI=1S/C17H15BrN2O2S/c1-10-4-3-5-11(2)16(10)19-15(21)9-20-13-7-6-12(18)8-14(13)23-17(20)22/h3-8H,9H2,1-2H3,(H,19,21). The second-order valence-electron chi connectivity index (χ2n) is 5.38. The van der Waals surface area contributed by atoms with Gasteiger partial charge in [-0.15, -0.1) is 0 Å². The SMILES string of the molecule is Cc1cccc(C)c1NC(=O)Cn1c(=O)sc2cc(Br)ccc21. The van der Waals surface area contributed by atoms with Crippen molar-refractivity contribution in [3.05, 3.63) is 61.7 Å². The fourth-order valence-electron chi connectivity index (χ4n) is 2.52. The normalized spacial score (nSPS) is 10.9. The summed E-state index contributed by atoms with van der Waals surface area (Å²) in [6, 6.07) is 11.5. The highest BCUT2D eigenvalue weighted by Crippen LogP contribution is 2.23. The average Bonchev–Trinajstić information content (AvgIpc) is 2.78. The van der Waals surface area contributed by atoms with E-state index in [1.807, 2.05) is 50.2 Å². The molecule has 0 radical (unpaired) electrons. The molecule has 118 valence electrons. The number of hydrogen-bond donors (Lipinski definition) is 1. The van der Waals surface area contributed by atoms with E-state index in [2.05, 4.69) is 21.2 Å². The molecule has 6 heteroatoms. The molecular weight excluding hydrogens is 376 g/mol. The molecule has 0 saturated heterocycles. The summed E-state index contributed by atoms with van der Waals surface area (Å²) in [7, 11) is 0. The Balaban J connectivity index is 1.89. The van der Waals surface area contributed by atoms with Crippen LogP contribution in [0.5, 0.6) is 0 Å². The van der Waals surface area contributed by atoms with E-state index in [1.165, 1.54) is 4.57 Å². The highest BCUT2D eigenvalue weighted by Gasteiger charge is 2.13. The molecule has 2 aromatic carbocycles. The van der Waals surface area contributed by atoms with Crippen LogP contribution in [0.3, 0.4) is 0 Å². The zero-order valence-electron chi connectivity index (χ0n) is 12.7. The maximum atomic E-state index is 12.4. The number of nitrogens with zero attached hydrogens (tertiary/aromatic N) is 1. The molecule has 1 amide bonds. The predicted molar refractivity (Wildman–Crippen MR) is 98.3 cm³/mol. The van der Waals surface area contributed by atoms with Crippen molar-refractivity contribution >= 4 is 49.1 Å². The van der Waals surface area contributed by atoms with E-state index < -0.39 is 0 Å². The highest BCUT2D eigenvalue weighted by atomic mass is 79.9. The van der Waals surface area contributed by atoms with Crippen molar-refractivity contribution in [1.29, 1.82) is 0 Å². The van der Waals surface area contributed by atoms with Crippen molar-refractivity contribution in [2.24, 2.45) is 0 Å². The molecule has 0 unspecified atom stereocenters. The van der Waals surface area contributed by atoms with Gasteiger partial charge >= 0.3 is 4.87 Å². The summed E-state index contributed by atoms with van der Waals surface area (Å²) >= 11 is 4.54. The average molecular weight is 391 g/mol. The first-order chi connectivity index (χ1) is 11.0. The Morgan fingerprint density at radius 1 is 1.22 bits per heavy atom. The summed E-state index contributed by atoms with van der Waals surface area (Å²) in [5.41, 5.74) is 3.60. The molecule has 0 spiro atoms. The molecule has 0 aliphatic heterocycles. The summed E-state index contributed by atoms with van der Waals surface area (Å²) in [6.45, 7) is 3.91. The second-order valence-corrected chi connectivity index (χ2v) is 7.29. The summed E-state index contributed by atoms with van der Waals surface area (Å²) in [4.78, 5) is 24.4. The van der Waals surface area contributed by atoms with Crippen molar-refractivity contribution in [2.45, 2.75) is 20.4 Å². The van der Waals surface area contributed by atoms with Crippen LogP contribution >= 0.6 is 27.3 Å². The first-order valence-electron chi connectivity index (χ1n) is 7.10. The first kappa shape index (κ1) is 16.0. The van der Waals surface area contributed by atoms with Crippen molar-refractivity contribution in [2.75, 3.05) is 5.32 Å². The van der Waals surface area contributed by atoms with Crippen LogP contribution in [0.25, 0.3) is 10.2 Å². The van der Waals surface area contributed by atoms with Crippen LogP contribution < -0.4 is 10.2 Å². The fourth-order valence-corrected chi connectivity index (χ4v) is 3.97. The van der Waals surface area contributed by atoms with Crippen LogP contribution in [0.2, 0.25) is 0 Å². The first-order valence-corrected chi connectivity index (χ1v) is 8.71. The third kappa shape index (κ3) is 3.23. The minimum Gasteiger partial charge on any atom is -0.324 e. The summed E-state index contributed by atoms with van der Waals surface area (Å²) in [5.74, 6) is -0.202. The summed E-state index contributed by atoms with van der Waals surface area (Å²) in [6.07, 6.45) is 0. The van der Waals surface area contributed by atoms with Crippen molar-refractivity contribution in [3.8, 4) is 0 Å². The molecule has 1 aromatic heterocycles. The molecule has 3 rings (SSSR count). The Morgan fingerprint density at radius 3 is 2.61 bits per heavy atom. The number of carbonyl (C=O) groups is 1. The van der Waals surface area contributed by atoms with Gasteiger partial charge < -0.3 is 5.32 Å². The lowest BCUT2D eigenvalue weighted by Crippen LogP contribution is -2.24. The number of hydrogen-bond acceptors (Lipinski definition) is 3. The third-order valence-corrected chi connectivity index (χ3v) is 5.11. The number of aryl methyl sites for hydroxylation is 2. The van der Waals surface area contributed by atoms with E-state index in [-0.39, 0.29) is 17.3 Å². The summed E-state index contributed by atoms with van der Waals surface area (Å²) < 4.78 is 3.29. The zero-order valence-corrected chi connectivity index (χ0v) is 15.1. The van der Waals surface area contributed by atoms with Crippen LogP contribution in [-0.2, 0) is 11.3 Å². The van der Waals surface area contributed by atoms with Gasteiger partial charge in [-0.2, -0.15) is 0 Å². The lowest BCUT2D eigenvalue weighted by molar-refractivity contribution is -0.116. The molecule has 23 heavy (non-hydrogen) atoms. The van der Waals surface area contributed by atoms with Gasteiger partial charge in [-0.1, -0.05) is 45.5 Å². The smallest absolute Gasteiger partial charge is 0.308 e. The number of thiazole rings is 1. The number of fused-ring (bicyclic) bond motifs is 1. The Labute approximate surface area is 145 Å². The zero-order chi connectivity index (χ0) is 16.6. The number of carbonyl (C=O) groups excluding carboxylic acids is 1. The molecule has 0 saturated carbocycles. The van der Waals surface area contributed by atoms with Crippen LogP contribution in [0.15, 0.2) is 45.7 Å². The van der Waals surface area contributed by atoms with Crippen LogP contribution in [0.4, 0.5) is 5.69 Å². The van der Waals surface area contributed by atoms with Gasteiger partial charge in [0, 0.05) is 10.2 Å². The van der Waals surface area contributed by atoms with Crippen molar-refractivity contribution in [3.63, 3.8) is 0 Å². The fraction of sp³-hybridized carbons (Fsp3) is 0.176. The van der Waals surface area contributed by atoms with E-state index >= 15 is 0 Å². The Bertz CT molecular complexity index is 939. The van der Waals surface area contributed by atoms with E-state index in [1.54, 1.807) is 0 Å². The predicted octanol–water partition coefficient (Wildman–Crippen LogP) is 4.08. The molecule has 1 N–H and O–H groups in total. The van der Waals surface area contributed by atoms with Gasteiger partial charge in [0.05, 0.1) is 10.2 Å².